The fourth-order valence-corrected chi connectivity index (χ4v) is 4.61. The highest BCUT2D eigenvalue weighted by molar-refractivity contribution is 6.30. The van der Waals surface area contributed by atoms with Crippen molar-refractivity contribution in [2.75, 3.05) is 19.6 Å². The van der Waals surface area contributed by atoms with Crippen LogP contribution in [-0.2, 0) is 18.5 Å². The normalized spacial score (nSPS) is 16.6. The predicted octanol–water partition coefficient (Wildman–Crippen LogP) is 6.85. The first-order valence-corrected chi connectivity index (χ1v) is 12.9. The molecule has 1 aliphatic rings. The SMILES string of the molecule is C[C@@H]1CN(Cc2cccc(Oc3ccc(C(C)(C)C)cc3)c2)CCN1C(=O)NCc1ccc(Cl)cc1. The molecule has 3 aromatic rings. The number of hydrogen-bond donors (Lipinski definition) is 1. The van der Waals surface area contributed by atoms with E-state index in [9.17, 15) is 4.79 Å². The van der Waals surface area contributed by atoms with Gasteiger partial charge in [0.25, 0.3) is 0 Å². The first-order chi connectivity index (χ1) is 17.2. The molecule has 0 bridgehead atoms. The number of urea groups is 1. The summed E-state index contributed by atoms with van der Waals surface area (Å²) >= 11 is 5.94. The van der Waals surface area contributed by atoms with Crippen LogP contribution in [0.15, 0.2) is 72.8 Å². The Balaban J connectivity index is 1.28. The van der Waals surface area contributed by atoms with Crippen molar-refractivity contribution in [3.8, 4) is 11.5 Å². The van der Waals surface area contributed by atoms with Gasteiger partial charge in [0.05, 0.1) is 0 Å². The van der Waals surface area contributed by atoms with E-state index in [1.165, 1.54) is 11.1 Å². The zero-order valence-corrected chi connectivity index (χ0v) is 22.4. The summed E-state index contributed by atoms with van der Waals surface area (Å²) in [5.41, 5.74) is 3.64. The zero-order valence-electron chi connectivity index (χ0n) is 21.6. The largest absolute Gasteiger partial charge is 0.457 e. The second kappa shape index (κ2) is 11.4. The summed E-state index contributed by atoms with van der Waals surface area (Å²) in [6.07, 6.45) is 0. The van der Waals surface area contributed by atoms with Crippen LogP contribution >= 0.6 is 11.6 Å². The van der Waals surface area contributed by atoms with Crippen molar-refractivity contribution in [2.24, 2.45) is 0 Å². The molecule has 6 heteroatoms. The Morgan fingerprint density at radius 2 is 1.69 bits per heavy atom. The summed E-state index contributed by atoms with van der Waals surface area (Å²) in [6, 6.07) is 24.3. The van der Waals surface area contributed by atoms with E-state index in [0.717, 1.165) is 36.7 Å². The molecule has 1 fully saturated rings. The number of nitrogens with zero attached hydrogens (tertiary/aromatic N) is 2. The quantitative estimate of drug-likeness (QED) is 0.398. The minimum atomic E-state index is -0.0232. The van der Waals surface area contributed by atoms with Gasteiger partial charge in [-0.3, -0.25) is 4.90 Å². The fraction of sp³-hybridized carbons (Fsp3) is 0.367. The third kappa shape index (κ3) is 7.02. The molecular formula is C30H36ClN3O2. The van der Waals surface area contributed by atoms with Gasteiger partial charge in [0, 0.05) is 43.8 Å². The number of nitrogens with one attached hydrogen (secondary N) is 1. The molecule has 4 rings (SSSR count). The van der Waals surface area contributed by atoms with Crippen LogP contribution in [0.5, 0.6) is 11.5 Å². The molecule has 0 aromatic heterocycles. The summed E-state index contributed by atoms with van der Waals surface area (Å²) in [7, 11) is 0. The molecule has 1 heterocycles. The lowest BCUT2D eigenvalue weighted by Crippen LogP contribution is -2.56. The molecule has 1 N–H and O–H groups in total. The van der Waals surface area contributed by atoms with Crippen molar-refractivity contribution in [3.05, 3.63) is 94.5 Å². The van der Waals surface area contributed by atoms with Crippen molar-refractivity contribution in [1.29, 1.82) is 0 Å². The smallest absolute Gasteiger partial charge is 0.317 e. The van der Waals surface area contributed by atoms with Crippen molar-refractivity contribution < 1.29 is 9.53 Å². The highest BCUT2D eigenvalue weighted by Gasteiger charge is 2.27. The minimum absolute atomic E-state index is 0.0232. The van der Waals surface area contributed by atoms with Gasteiger partial charge in [0.15, 0.2) is 0 Å². The molecule has 36 heavy (non-hydrogen) atoms. The molecule has 3 aromatic carbocycles. The highest BCUT2D eigenvalue weighted by Crippen LogP contribution is 2.27. The van der Waals surface area contributed by atoms with Gasteiger partial charge < -0.3 is 15.0 Å². The van der Waals surface area contributed by atoms with E-state index in [-0.39, 0.29) is 17.5 Å². The lowest BCUT2D eigenvalue weighted by molar-refractivity contribution is 0.0973. The van der Waals surface area contributed by atoms with Gasteiger partial charge in [-0.05, 0) is 65.4 Å². The molecule has 1 aliphatic heterocycles. The summed E-state index contributed by atoms with van der Waals surface area (Å²) < 4.78 is 6.13. The number of hydrogen-bond acceptors (Lipinski definition) is 3. The van der Waals surface area contributed by atoms with E-state index < -0.39 is 0 Å². The van der Waals surface area contributed by atoms with Gasteiger partial charge in [-0.2, -0.15) is 0 Å². The second-order valence-electron chi connectivity index (χ2n) is 10.6. The maximum atomic E-state index is 12.8. The Morgan fingerprint density at radius 1 is 0.972 bits per heavy atom. The summed E-state index contributed by atoms with van der Waals surface area (Å²) in [5, 5.41) is 3.73. The van der Waals surface area contributed by atoms with Crippen molar-refractivity contribution in [1.82, 2.24) is 15.1 Å². The number of amides is 2. The minimum Gasteiger partial charge on any atom is -0.457 e. The summed E-state index contributed by atoms with van der Waals surface area (Å²) in [5.74, 6) is 1.68. The molecule has 190 valence electrons. The van der Waals surface area contributed by atoms with E-state index in [2.05, 4.69) is 62.2 Å². The fourth-order valence-electron chi connectivity index (χ4n) is 4.48. The third-order valence-corrected chi connectivity index (χ3v) is 6.84. The number of carbonyl (C=O) groups excluding carboxylic acids is 1. The average molecular weight is 506 g/mol. The van der Waals surface area contributed by atoms with Crippen LogP contribution in [0.1, 0.15) is 44.4 Å². The maximum absolute atomic E-state index is 12.8. The summed E-state index contributed by atoms with van der Waals surface area (Å²) in [4.78, 5) is 17.1. The van der Waals surface area contributed by atoms with Crippen LogP contribution in [0.4, 0.5) is 4.79 Å². The molecule has 0 radical (unpaired) electrons. The number of halogens is 1. The second-order valence-corrected chi connectivity index (χ2v) is 11.0. The van der Waals surface area contributed by atoms with E-state index in [4.69, 9.17) is 16.3 Å². The van der Waals surface area contributed by atoms with Gasteiger partial charge in [0.2, 0.25) is 0 Å². The Morgan fingerprint density at radius 3 is 2.36 bits per heavy atom. The Labute approximate surface area is 220 Å². The molecule has 1 atom stereocenters. The highest BCUT2D eigenvalue weighted by atomic mass is 35.5. The van der Waals surface area contributed by atoms with Crippen LogP contribution in [0.25, 0.3) is 0 Å². The Bertz CT molecular complexity index is 1160. The standard InChI is InChI=1S/C30H36ClN3O2/c1-22-20-33(16-17-34(22)29(35)32-19-23-8-12-26(31)13-9-23)21-24-6-5-7-28(18-24)36-27-14-10-25(11-15-27)30(2,3)4/h5-15,18,22H,16-17,19-21H2,1-4H3,(H,32,35)/t22-/m1/s1. The monoisotopic (exact) mass is 505 g/mol. The lowest BCUT2D eigenvalue weighted by atomic mass is 9.87. The molecule has 2 amide bonds. The predicted molar refractivity (Wildman–Crippen MR) is 147 cm³/mol. The number of rotatable bonds is 6. The van der Waals surface area contributed by atoms with Crippen LogP contribution in [-0.4, -0.2) is 41.5 Å². The van der Waals surface area contributed by atoms with Crippen LogP contribution in [0, 0.1) is 0 Å². The van der Waals surface area contributed by atoms with Gasteiger partial charge >= 0.3 is 6.03 Å². The molecule has 5 nitrogen and oxygen atoms in total. The molecule has 0 aliphatic carbocycles. The van der Waals surface area contributed by atoms with E-state index >= 15 is 0 Å². The van der Waals surface area contributed by atoms with Crippen LogP contribution in [0.3, 0.4) is 0 Å². The van der Waals surface area contributed by atoms with Gasteiger partial charge in [0.1, 0.15) is 11.5 Å². The van der Waals surface area contributed by atoms with Gasteiger partial charge in [-0.25, -0.2) is 4.79 Å². The van der Waals surface area contributed by atoms with Crippen molar-refractivity contribution in [3.63, 3.8) is 0 Å². The maximum Gasteiger partial charge on any atom is 0.317 e. The van der Waals surface area contributed by atoms with Crippen molar-refractivity contribution >= 4 is 17.6 Å². The van der Waals surface area contributed by atoms with Crippen LogP contribution in [0.2, 0.25) is 5.02 Å². The Hall–Kier alpha value is -3.02. The topological polar surface area (TPSA) is 44.8 Å². The van der Waals surface area contributed by atoms with Gasteiger partial charge in [-0.1, -0.05) is 68.8 Å². The van der Waals surface area contributed by atoms with Crippen molar-refractivity contribution in [2.45, 2.75) is 52.2 Å². The first kappa shape index (κ1) is 26.1. The molecule has 0 unspecified atom stereocenters. The van der Waals surface area contributed by atoms with E-state index in [1.807, 2.05) is 53.4 Å². The number of piperazine rings is 1. The summed E-state index contributed by atoms with van der Waals surface area (Å²) in [6.45, 7) is 12.4. The number of benzene rings is 3. The average Bonchev–Trinajstić information content (AvgIpc) is 2.84. The lowest BCUT2D eigenvalue weighted by Gasteiger charge is -2.39. The molecule has 0 spiro atoms. The molecule has 1 saturated heterocycles. The third-order valence-electron chi connectivity index (χ3n) is 6.59. The van der Waals surface area contributed by atoms with Crippen LogP contribution < -0.4 is 10.1 Å². The first-order valence-electron chi connectivity index (χ1n) is 12.6. The van der Waals surface area contributed by atoms with Gasteiger partial charge in [-0.15, -0.1) is 0 Å². The van der Waals surface area contributed by atoms with E-state index in [0.29, 0.717) is 18.1 Å². The molecule has 0 saturated carbocycles. The molecular weight excluding hydrogens is 470 g/mol. The number of carbonyl (C=O) groups is 1. The number of ether oxygens (including phenoxy) is 1. The Kier molecular flexibility index (Phi) is 8.22. The van der Waals surface area contributed by atoms with E-state index in [1.54, 1.807) is 0 Å². The zero-order chi connectivity index (χ0) is 25.7.